The van der Waals surface area contributed by atoms with Crippen LogP contribution in [0.25, 0.3) is 0 Å². The van der Waals surface area contributed by atoms with Gasteiger partial charge in [0.2, 0.25) is 0 Å². The maximum Gasteiger partial charge on any atom is 0.315 e. The van der Waals surface area contributed by atoms with E-state index in [1.54, 1.807) is 12.1 Å². The summed E-state index contributed by atoms with van der Waals surface area (Å²) in [7, 11) is 0. The predicted molar refractivity (Wildman–Crippen MR) is 88.4 cm³/mol. The Morgan fingerprint density at radius 3 is 2.59 bits per heavy atom. The van der Waals surface area contributed by atoms with Gasteiger partial charge in [0.1, 0.15) is 12.4 Å². The van der Waals surface area contributed by atoms with Crippen LogP contribution in [0.1, 0.15) is 11.1 Å². The molecule has 2 rings (SSSR count). The van der Waals surface area contributed by atoms with Gasteiger partial charge in [-0.1, -0.05) is 48.0 Å². The van der Waals surface area contributed by atoms with Crippen molar-refractivity contribution in [3.05, 3.63) is 64.7 Å². The molecule has 22 heavy (non-hydrogen) atoms. The minimum Gasteiger partial charge on any atom is -0.490 e. The molecule has 0 aliphatic rings. The van der Waals surface area contributed by atoms with E-state index in [9.17, 15) is 4.79 Å². The molecule has 0 spiro atoms. The molecule has 0 fully saturated rings. The van der Waals surface area contributed by atoms with Gasteiger partial charge in [-0.2, -0.15) is 0 Å². The molecule has 2 aromatic rings. The number of ether oxygens (including phenoxy) is 1. The highest BCUT2D eigenvalue weighted by atomic mass is 35.5. The lowest BCUT2D eigenvalue weighted by Crippen LogP contribution is -2.37. The van der Waals surface area contributed by atoms with Gasteiger partial charge >= 0.3 is 6.03 Å². The van der Waals surface area contributed by atoms with Gasteiger partial charge in [0.25, 0.3) is 0 Å². The Morgan fingerprint density at radius 1 is 1.09 bits per heavy atom. The van der Waals surface area contributed by atoms with E-state index in [0.29, 0.717) is 30.5 Å². The molecule has 2 amide bonds. The van der Waals surface area contributed by atoms with Crippen molar-refractivity contribution in [1.29, 1.82) is 0 Å². The molecule has 0 aliphatic carbocycles. The highest BCUT2D eigenvalue weighted by Crippen LogP contribution is 2.22. The van der Waals surface area contributed by atoms with E-state index in [4.69, 9.17) is 16.3 Å². The van der Waals surface area contributed by atoms with E-state index >= 15 is 0 Å². The monoisotopic (exact) mass is 318 g/mol. The van der Waals surface area contributed by atoms with Crippen molar-refractivity contribution in [2.75, 3.05) is 13.2 Å². The van der Waals surface area contributed by atoms with E-state index in [1.165, 1.54) is 0 Å². The number of hydrogen-bond donors (Lipinski definition) is 2. The summed E-state index contributed by atoms with van der Waals surface area (Å²) in [6.45, 7) is 3.29. The summed E-state index contributed by atoms with van der Waals surface area (Å²) in [5.74, 6) is 0.617. The molecule has 4 nitrogen and oxygen atoms in total. The molecular formula is C17H19ClN2O2. The molecule has 0 unspecified atom stereocenters. The number of amides is 2. The van der Waals surface area contributed by atoms with E-state index in [2.05, 4.69) is 10.6 Å². The molecule has 0 radical (unpaired) electrons. The maximum absolute atomic E-state index is 11.7. The van der Waals surface area contributed by atoms with Crippen molar-refractivity contribution in [2.24, 2.45) is 0 Å². The first kappa shape index (κ1) is 16.2. The topological polar surface area (TPSA) is 50.4 Å². The summed E-state index contributed by atoms with van der Waals surface area (Å²) in [6.07, 6.45) is 0. The Kier molecular flexibility index (Phi) is 6.10. The first-order valence-corrected chi connectivity index (χ1v) is 7.48. The lowest BCUT2D eigenvalue weighted by molar-refractivity contribution is 0.236. The van der Waals surface area contributed by atoms with Crippen LogP contribution in [0.3, 0.4) is 0 Å². The number of rotatable bonds is 6. The van der Waals surface area contributed by atoms with Gasteiger partial charge in [0.05, 0.1) is 11.6 Å². The molecule has 0 aromatic heterocycles. The molecule has 0 heterocycles. The Morgan fingerprint density at radius 2 is 1.82 bits per heavy atom. The summed E-state index contributed by atoms with van der Waals surface area (Å²) in [5, 5.41) is 6.12. The van der Waals surface area contributed by atoms with E-state index in [-0.39, 0.29) is 6.03 Å². The Labute approximate surface area is 135 Å². The Balaban J connectivity index is 1.66. The number of halogens is 1. The fourth-order valence-corrected chi connectivity index (χ4v) is 2.12. The summed E-state index contributed by atoms with van der Waals surface area (Å²) in [6, 6.07) is 15.0. The Hall–Kier alpha value is -2.20. The zero-order valence-electron chi connectivity index (χ0n) is 12.4. The first-order valence-electron chi connectivity index (χ1n) is 7.10. The third kappa shape index (κ3) is 4.97. The number of carbonyl (C=O) groups is 1. The number of hydrogen-bond acceptors (Lipinski definition) is 2. The standard InChI is InChI=1S/C17H19ClN2O2/c1-13-6-2-3-7-14(13)12-20-17(21)19-10-11-22-16-9-5-4-8-15(16)18/h2-9H,10-12H2,1H3,(H2,19,20,21). The van der Waals surface area contributed by atoms with Crippen LogP contribution in [0.4, 0.5) is 4.79 Å². The van der Waals surface area contributed by atoms with Gasteiger partial charge in [-0.05, 0) is 30.2 Å². The molecule has 0 saturated heterocycles. The highest BCUT2D eigenvalue weighted by Gasteiger charge is 2.03. The minimum atomic E-state index is -0.217. The molecule has 116 valence electrons. The average molecular weight is 319 g/mol. The van der Waals surface area contributed by atoms with Crippen molar-refractivity contribution >= 4 is 17.6 Å². The number of nitrogens with one attached hydrogen (secondary N) is 2. The van der Waals surface area contributed by atoms with Crippen LogP contribution >= 0.6 is 11.6 Å². The van der Waals surface area contributed by atoms with Gasteiger partial charge in [0.15, 0.2) is 0 Å². The zero-order valence-corrected chi connectivity index (χ0v) is 13.2. The van der Waals surface area contributed by atoms with Gasteiger partial charge in [0, 0.05) is 6.54 Å². The second-order valence-electron chi connectivity index (χ2n) is 4.81. The largest absolute Gasteiger partial charge is 0.490 e. The lowest BCUT2D eigenvalue weighted by Gasteiger charge is -2.10. The molecule has 2 N–H and O–H groups in total. The molecule has 2 aromatic carbocycles. The van der Waals surface area contributed by atoms with Gasteiger partial charge in [-0.15, -0.1) is 0 Å². The molecule has 0 atom stereocenters. The van der Waals surface area contributed by atoms with Crippen LogP contribution in [-0.4, -0.2) is 19.2 Å². The molecule has 0 bridgehead atoms. The molecular weight excluding hydrogens is 300 g/mol. The second kappa shape index (κ2) is 8.29. The van der Waals surface area contributed by atoms with Crippen LogP contribution in [0.2, 0.25) is 5.02 Å². The third-order valence-corrected chi connectivity index (χ3v) is 3.49. The van der Waals surface area contributed by atoms with Crippen molar-refractivity contribution < 1.29 is 9.53 Å². The third-order valence-electron chi connectivity index (χ3n) is 3.18. The van der Waals surface area contributed by atoms with Gasteiger partial charge < -0.3 is 15.4 Å². The fourth-order valence-electron chi connectivity index (χ4n) is 1.93. The van der Waals surface area contributed by atoms with E-state index < -0.39 is 0 Å². The van der Waals surface area contributed by atoms with Gasteiger partial charge in [-0.25, -0.2) is 4.79 Å². The maximum atomic E-state index is 11.7. The number of carbonyl (C=O) groups excluding carboxylic acids is 1. The van der Waals surface area contributed by atoms with Gasteiger partial charge in [-0.3, -0.25) is 0 Å². The Bertz CT molecular complexity index is 632. The van der Waals surface area contributed by atoms with Crippen molar-refractivity contribution in [1.82, 2.24) is 10.6 Å². The zero-order chi connectivity index (χ0) is 15.8. The molecule has 0 aliphatic heterocycles. The number of urea groups is 1. The van der Waals surface area contributed by atoms with Crippen LogP contribution in [-0.2, 0) is 6.54 Å². The minimum absolute atomic E-state index is 0.217. The molecule has 0 saturated carbocycles. The lowest BCUT2D eigenvalue weighted by atomic mass is 10.1. The smallest absolute Gasteiger partial charge is 0.315 e. The number of benzene rings is 2. The van der Waals surface area contributed by atoms with Crippen LogP contribution < -0.4 is 15.4 Å². The quantitative estimate of drug-likeness (QED) is 0.801. The van der Waals surface area contributed by atoms with E-state index in [0.717, 1.165) is 11.1 Å². The summed E-state index contributed by atoms with van der Waals surface area (Å²) >= 11 is 5.97. The first-order chi connectivity index (χ1) is 10.7. The molecule has 5 heteroatoms. The van der Waals surface area contributed by atoms with Crippen molar-refractivity contribution in [3.63, 3.8) is 0 Å². The summed E-state index contributed by atoms with van der Waals surface area (Å²) in [5.41, 5.74) is 2.26. The van der Waals surface area contributed by atoms with Crippen molar-refractivity contribution in [3.8, 4) is 5.75 Å². The van der Waals surface area contributed by atoms with Crippen LogP contribution in [0.15, 0.2) is 48.5 Å². The fraction of sp³-hybridized carbons (Fsp3) is 0.235. The predicted octanol–water partition coefficient (Wildman–Crippen LogP) is 3.53. The number of aryl methyl sites for hydroxylation is 1. The second-order valence-corrected chi connectivity index (χ2v) is 5.22. The average Bonchev–Trinajstić information content (AvgIpc) is 2.52. The highest BCUT2D eigenvalue weighted by molar-refractivity contribution is 6.32. The van der Waals surface area contributed by atoms with Crippen LogP contribution in [0, 0.1) is 6.92 Å². The normalized spacial score (nSPS) is 10.1. The summed E-state index contributed by atoms with van der Waals surface area (Å²) < 4.78 is 5.49. The SMILES string of the molecule is Cc1ccccc1CNC(=O)NCCOc1ccccc1Cl. The number of para-hydroxylation sites is 1. The van der Waals surface area contributed by atoms with Crippen LogP contribution in [0.5, 0.6) is 5.75 Å². The summed E-state index contributed by atoms with van der Waals surface area (Å²) in [4.78, 5) is 11.7. The van der Waals surface area contributed by atoms with E-state index in [1.807, 2.05) is 43.3 Å². The van der Waals surface area contributed by atoms with Crippen molar-refractivity contribution in [2.45, 2.75) is 13.5 Å².